The van der Waals surface area contributed by atoms with Crippen molar-refractivity contribution in [3.63, 3.8) is 0 Å². The zero-order chi connectivity index (χ0) is 17.7. The highest BCUT2D eigenvalue weighted by Crippen LogP contribution is 2.25. The number of hydrogen-bond donors (Lipinski definition) is 3. The van der Waals surface area contributed by atoms with E-state index in [0.717, 1.165) is 35.8 Å². The Kier molecular flexibility index (Phi) is 6.83. The zero-order valence-electron chi connectivity index (χ0n) is 14.4. The Balaban J connectivity index is 1.74. The molecule has 134 valence electrons. The van der Waals surface area contributed by atoms with Crippen molar-refractivity contribution in [2.24, 2.45) is 5.92 Å². The van der Waals surface area contributed by atoms with Crippen LogP contribution in [-0.2, 0) is 15.8 Å². The minimum absolute atomic E-state index is 0.00840. The van der Waals surface area contributed by atoms with E-state index in [0.29, 0.717) is 0 Å². The lowest BCUT2D eigenvalue weighted by molar-refractivity contribution is -0.125. The van der Waals surface area contributed by atoms with Crippen molar-refractivity contribution >= 4 is 38.5 Å². The van der Waals surface area contributed by atoms with Gasteiger partial charge < -0.3 is 0 Å². The Labute approximate surface area is 155 Å². The highest BCUT2D eigenvalue weighted by Gasteiger charge is 2.29. The van der Waals surface area contributed by atoms with E-state index in [1.54, 1.807) is 0 Å². The molecule has 0 aliphatic heterocycles. The van der Waals surface area contributed by atoms with E-state index >= 15 is 0 Å². The highest BCUT2D eigenvalue weighted by molar-refractivity contribution is 9.10. The monoisotopic (exact) mass is 415 g/mol. The smallest absolute Gasteiger partial charge is 0.241 e. The molecule has 1 amide bonds. The quantitative estimate of drug-likeness (QED) is 0.644. The fraction of sp³-hybridized carbons (Fsp3) is 0.588. The summed E-state index contributed by atoms with van der Waals surface area (Å²) >= 11 is 3.38. The van der Waals surface area contributed by atoms with Crippen molar-refractivity contribution < 1.29 is 9.00 Å². The van der Waals surface area contributed by atoms with Gasteiger partial charge in [0.25, 0.3) is 0 Å². The Morgan fingerprint density at radius 2 is 1.71 bits per heavy atom. The van der Waals surface area contributed by atoms with E-state index in [-0.39, 0.29) is 22.6 Å². The number of carbonyl (C=O) groups is 1. The van der Waals surface area contributed by atoms with Gasteiger partial charge in [-0.1, -0.05) is 15.9 Å². The predicted molar refractivity (Wildman–Crippen MR) is 103 cm³/mol. The van der Waals surface area contributed by atoms with Gasteiger partial charge in [-0.3, -0.25) is 15.6 Å². The molecule has 0 heterocycles. The average Bonchev–Trinajstić information content (AvgIpc) is 2.54. The molecule has 0 spiro atoms. The summed E-state index contributed by atoms with van der Waals surface area (Å²) in [6.45, 7) is 5.88. The second-order valence-electron chi connectivity index (χ2n) is 7.17. The highest BCUT2D eigenvalue weighted by atomic mass is 79.9. The third-order valence-corrected chi connectivity index (χ3v) is 6.29. The first-order valence-electron chi connectivity index (χ1n) is 8.25. The lowest BCUT2D eigenvalue weighted by Gasteiger charge is -2.30. The average molecular weight is 416 g/mol. The molecule has 1 fully saturated rings. The van der Waals surface area contributed by atoms with Crippen molar-refractivity contribution in [3.05, 3.63) is 28.7 Å². The second-order valence-corrected chi connectivity index (χ2v) is 10.1. The maximum atomic E-state index is 12.3. The number of nitrogens with one attached hydrogen (secondary N) is 3. The van der Waals surface area contributed by atoms with Gasteiger partial charge in [0.15, 0.2) is 0 Å². The number of amides is 1. The van der Waals surface area contributed by atoms with Crippen LogP contribution in [0, 0.1) is 5.92 Å². The predicted octanol–water partition coefficient (Wildman–Crippen LogP) is 3.50. The van der Waals surface area contributed by atoms with Crippen molar-refractivity contribution in [2.75, 3.05) is 5.43 Å². The van der Waals surface area contributed by atoms with E-state index in [1.807, 2.05) is 45.0 Å². The molecule has 5 nitrogen and oxygen atoms in total. The van der Waals surface area contributed by atoms with E-state index in [2.05, 4.69) is 31.5 Å². The summed E-state index contributed by atoms with van der Waals surface area (Å²) in [7, 11) is -1.05. The molecule has 1 aliphatic rings. The molecule has 1 unspecified atom stereocenters. The molecule has 7 heteroatoms. The molecule has 0 bridgehead atoms. The van der Waals surface area contributed by atoms with Crippen molar-refractivity contribution in [2.45, 2.75) is 57.2 Å². The summed E-state index contributed by atoms with van der Waals surface area (Å²) in [5.41, 5.74) is 6.58. The maximum Gasteiger partial charge on any atom is 0.241 e. The number of hydrogen-bond acceptors (Lipinski definition) is 3. The maximum absolute atomic E-state index is 12.3. The van der Waals surface area contributed by atoms with Gasteiger partial charge in [-0.05, 0) is 70.7 Å². The summed E-state index contributed by atoms with van der Waals surface area (Å²) < 4.78 is 16.1. The molecule has 1 aliphatic carbocycles. The minimum atomic E-state index is -1.05. The van der Waals surface area contributed by atoms with Crippen LogP contribution < -0.4 is 15.6 Å². The molecule has 2 rings (SSSR count). The number of hydrazine groups is 1. The van der Waals surface area contributed by atoms with Crippen molar-refractivity contribution in [1.82, 2.24) is 10.1 Å². The summed E-state index contributed by atoms with van der Waals surface area (Å²) in [5, 5.41) is 0. The summed E-state index contributed by atoms with van der Waals surface area (Å²) in [4.78, 5) is 12.3. The molecule has 0 aromatic heterocycles. The van der Waals surface area contributed by atoms with Crippen LogP contribution in [0.5, 0.6) is 0 Å². The van der Waals surface area contributed by atoms with E-state index in [1.165, 1.54) is 0 Å². The molecular weight excluding hydrogens is 390 g/mol. The summed E-state index contributed by atoms with van der Waals surface area (Å²) in [6.07, 6.45) is 3.37. The standard InChI is InChI=1S/C17H26BrN3O2S/c1-17(2,3)24(23)21-15-8-4-12(5-9-15)16(22)20-19-14-10-6-13(18)7-11-14/h6-7,10-12,15,19,21H,4-5,8-9H2,1-3H3,(H,20,22). The molecule has 0 saturated heterocycles. The first-order chi connectivity index (χ1) is 11.3. The summed E-state index contributed by atoms with van der Waals surface area (Å²) in [5.74, 6) is 0.0300. The number of anilines is 1. The first kappa shape index (κ1) is 19.4. The van der Waals surface area contributed by atoms with Gasteiger partial charge in [0.05, 0.1) is 21.4 Å². The van der Waals surface area contributed by atoms with Crippen LogP contribution in [0.1, 0.15) is 46.5 Å². The lowest BCUT2D eigenvalue weighted by atomic mass is 9.86. The number of halogens is 1. The third kappa shape index (κ3) is 5.86. The van der Waals surface area contributed by atoms with Gasteiger partial charge in [0.2, 0.25) is 5.91 Å². The number of rotatable bonds is 5. The van der Waals surface area contributed by atoms with Crippen LogP contribution in [0.2, 0.25) is 0 Å². The van der Waals surface area contributed by atoms with E-state index in [4.69, 9.17) is 0 Å². The van der Waals surface area contributed by atoms with E-state index in [9.17, 15) is 9.00 Å². The van der Waals surface area contributed by atoms with Crippen LogP contribution in [-0.4, -0.2) is 20.9 Å². The van der Waals surface area contributed by atoms with Gasteiger partial charge in [0.1, 0.15) is 0 Å². The molecular formula is C17H26BrN3O2S. The minimum Gasteiger partial charge on any atom is -0.299 e. The van der Waals surface area contributed by atoms with Crippen molar-refractivity contribution in [3.8, 4) is 0 Å². The second kappa shape index (κ2) is 8.45. The molecule has 1 saturated carbocycles. The van der Waals surface area contributed by atoms with Crippen LogP contribution in [0.15, 0.2) is 28.7 Å². The van der Waals surface area contributed by atoms with Gasteiger partial charge in [0, 0.05) is 16.4 Å². The SMILES string of the molecule is CC(C)(C)S(=O)NC1CCC(C(=O)NNc2ccc(Br)cc2)CC1. The topological polar surface area (TPSA) is 70.2 Å². The van der Waals surface area contributed by atoms with Gasteiger partial charge in [-0.2, -0.15) is 0 Å². The number of benzene rings is 1. The van der Waals surface area contributed by atoms with Gasteiger partial charge in [-0.15, -0.1) is 0 Å². The van der Waals surface area contributed by atoms with E-state index < -0.39 is 11.0 Å². The van der Waals surface area contributed by atoms with Crippen LogP contribution >= 0.6 is 15.9 Å². The number of carbonyl (C=O) groups excluding carboxylic acids is 1. The van der Waals surface area contributed by atoms with Crippen molar-refractivity contribution in [1.29, 1.82) is 0 Å². The Hall–Kier alpha value is -0.920. The Morgan fingerprint density at radius 1 is 1.12 bits per heavy atom. The molecule has 24 heavy (non-hydrogen) atoms. The fourth-order valence-corrected chi connectivity index (χ4v) is 3.73. The van der Waals surface area contributed by atoms with Crippen LogP contribution in [0.3, 0.4) is 0 Å². The molecule has 1 aromatic carbocycles. The Morgan fingerprint density at radius 3 is 2.25 bits per heavy atom. The fourth-order valence-electron chi connectivity index (χ4n) is 2.57. The molecule has 1 aromatic rings. The summed E-state index contributed by atoms with van der Waals surface area (Å²) in [6, 6.07) is 7.86. The Bertz CT molecular complexity index is 578. The van der Waals surface area contributed by atoms with Gasteiger partial charge in [-0.25, -0.2) is 8.93 Å². The lowest BCUT2D eigenvalue weighted by Crippen LogP contribution is -2.43. The van der Waals surface area contributed by atoms with Crippen LogP contribution in [0.25, 0.3) is 0 Å². The van der Waals surface area contributed by atoms with Gasteiger partial charge >= 0.3 is 0 Å². The van der Waals surface area contributed by atoms with Crippen LogP contribution in [0.4, 0.5) is 5.69 Å². The molecule has 0 radical (unpaired) electrons. The molecule has 3 N–H and O–H groups in total. The third-order valence-electron chi connectivity index (χ3n) is 4.10. The molecule has 1 atom stereocenters. The zero-order valence-corrected chi connectivity index (χ0v) is 16.8. The largest absolute Gasteiger partial charge is 0.299 e. The normalized spacial score (nSPS) is 22.7. The first-order valence-corrected chi connectivity index (χ1v) is 10.2.